The number of benzene rings is 2. The largest absolute Gasteiger partial charge is 0.435 e. The van der Waals surface area contributed by atoms with Crippen LogP contribution < -0.4 is 10.1 Å². The van der Waals surface area contributed by atoms with Crippen molar-refractivity contribution in [3.05, 3.63) is 65.2 Å². The smallest absolute Gasteiger partial charge is 0.387 e. The van der Waals surface area contributed by atoms with Gasteiger partial charge in [0.05, 0.1) is 6.10 Å². The summed E-state index contributed by atoms with van der Waals surface area (Å²) < 4.78 is 28.4. The van der Waals surface area contributed by atoms with Gasteiger partial charge in [0.2, 0.25) is 5.91 Å². The number of aryl methyl sites for hydroxylation is 2. The van der Waals surface area contributed by atoms with Gasteiger partial charge in [-0.3, -0.25) is 4.79 Å². The minimum atomic E-state index is -2.89. The Labute approximate surface area is 145 Å². The molecule has 6 heteroatoms. The lowest BCUT2D eigenvalue weighted by Gasteiger charge is -2.13. The molecule has 0 aliphatic heterocycles. The third-order valence-corrected chi connectivity index (χ3v) is 3.87. The van der Waals surface area contributed by atoms with E-state index in [1.54, 1.807) is 0 Å². The van der Waals surface area contributed by atoms with E-state index in [1.807, 2.05) is 31.2 Å². The van der Waals surface area contributed by atoms with Crippen molar-refractivity contribution >= 4 is 5.91 Å². The van der Waals surface area contributed by atoms with Gasteiger partial charge in [-0.15, -0.1) is 0 Å². The van der Waals surface area contributed by atoms with Gasteiger partial charge < -0.3 is 15.2 Å². The molecule has 1 unspecified atom stereocenters. The normalized spacial score (nSPS) is 12.0. The van der Waals surface area contributed by atoms with Crippen LogP contribution in [0.1, 0.15) is 29.2 Å². The van der Waals surface area contributed by atoms with Gasteiger partial charge in [-0.05, 0) is 42.2 Å². The third-order valence-electron chi connectivity index (χ3n) is 3.87. The zero-order valence-corrected chi connectivity index (χ0v) is 13.9. The average Bonchev–Trinajstić information content (AvgIpc) is 2.59. The van der Waals surface area contributed by atoms with Crippen LogP contribution in [0.5, 0.6) is 5.75 Å². The Morgan fingerprint density at radius 3 is 2.48 bits per heavy atom. The predicted octanol–water partition coefficient (Wildman–Crippen LogP) is 3.38. The van der Waals surface area contributed by atoms with E-state index in [0.29, 0.717) is 18.4 Å². The van der Waals surface area contributed by atoms with Crippen molar-refractivity contribution in [3.8, 4) is 5.75 Å². The Bertz CT molecular complexity index is 689. The lowest BCUT2D eigenvalue weighted by Crippen LogP contribution is -2.28. The van der Waals surface area contributed by atoms with E-state index in [0.717, 1.165) is 11.1 Å². The molecule has 25 heavy (non-hydrogen) atoms. The van der Waals surface area contributed by atoms with Crippen molar-refractivity contribution in [1.82, 2.24) is 5.32 Å². The van der Waals surface area contributed by atoms with E-state index >= 15 is 0 Å². The second-order valence-corrected chi connectivity index (χ2v) is 5.69. The van der Waals surface area contributed by atoms with Crippen LogP contribution in [0.25, 0.3) is 0 Å². The van der Waals surface area contributed by atoms with Crippen LogP contribution in [0.3, 0.4) is 0 Å². The second-order valence-electron chi connectivity index (χ2n) is 5.69. The van der Waals surface area contributed by atoms with Crippen LogP contribution >= 0.6 is 0 Å². The van der Waals surface area contributed by atoms with Gasteiger partial charge in [0.1, 0.15) is 5.75 Å². The van der Waals surface area contributed by atoms with Gasteiger partial charge in [0.25, 0.3) is 0 Å². The van der Waals surface area contributed by atoms with Gasteiger partial charge in [0, 0.05) is 13.0 Å². The summed E-state index contributed by atoms with van der Waals surface area (Å²) >= 11 is 0. The Hall–Kier alpha value is -2.47. The maximum absolute atomic E-state index is 12.1. The van der Waals surface area contributed by atoms with Gasteiger partial charge in [-0.25, -0.2) is 0 Å². The van der Waals surface area contributed by atoms with Crippen LogP contribution in [0, 0.1) is 6.92 Å². The zero-order valence-electron chi connectivity index (χ0n) is 13.9. The molecule has 0 saturated carbocycles. The molecule has 0 aliphatic carbocycles. The van der Waals surface area contributed by atoms with Crippen molar-refractivity contribution in [2.45, 2.75) is 32.5 Å². The fourth-order valence-electron chi connectivity index (χ4n) is 2.43. The number of carbonyl (C=O) groups is 1. The van der Waals surface area contributed by atoms with Gasteiger partial charge in [-0.2, -0.15) is 8.78 Å². The van der Waals surface area contributed by atoms with Crippen LogP contribution in [0.4, 0.5) is 8.78 Å². The van der Waals surface area contributed by atoms with Crippen LogP contribution in [0.15, 0.2) is 48.5 Å². The van der Waals surface area contributed by atoms with Crippen LogP contribution in [0.2, 0.25) is 0 Å². The molecule has 0 aromatic heterocycles. The highest BCUT2D eigenvalue weighted by Gasteiger charge is 2.11. The van der Waals surface area contributed by atoms with Gasteiger partial charge in [-0.1, -0.05) is 36.4 Å². The second kappa shape index (κ2) is 9.13. The number of amides is 1. The summed E-state index contributed by atoms with van der Waals surface area (Å²) in [4.78, 5) is 11.9. The number of aliphatic hydroxyl groups is 1. The number of hydrogen-bond acceptors (Lipinski definition) is 3. The maximum Gasteiger partial charge on any atom is 0.387 e. The Morgan fingerprint density at radius 1 is 1.16 bits per heavy atom. The Balaban J connectivity index is 1.78. The molecule has 1 amide bonds. The molecule has 2 aromatic carbocycles. The molecular formula is C19H21F2NO3. The monoisotopic (exact) mass is 349 g/mol. The van der Waals surface area contributed by atoms with Crippen LogP contribution in [-0.2, 0) is 11.2 Å². The minimum Gasteiger partial charge on any atom is -0.435 e. The van der Waals surface area contributed by atoms with Gasteiger partial charge in [0.15, 0.2) is 0 Å². The van der Waals surface area contributed by atoms with E-state index in [2.05, 4.69) is 10.1 Å². The molecule has 0 fully saturated rings. The number of carbonyl (C=O) groups excluding carboxylic acids is 1. The first kappa shape index (κ1) is 18.9. The molecular weight excluding hydrogens is 328 g/mol. The molecule has 0 saturated heterocycles. The average molecular weight is 349 g/mol. The van der Waals surface area contributed by atoms with E-state index in [-0.39, 0.29) is 18.2 Å². The number of rotatable bonds is 8. The van der Waals surface area contributed by atoms with Crippen LogP contribution in [-0.4, -0.2) is 24.2 Å². The standard InChI is InChI=1S/C19H21F2NO3/c1-13-4-2-3-5-14(13)8-11-18(24)22-12-17(23)15-6-9-16(10-7-15)25-19(20)21/h2-7,9-10,17,19,23H,8,11-12H2,1H3,(H,22,24). The summed E-state index contributed by atoms with van der Waals surface area (Å²) in [6.07, 6.45) is 0.0514. The zero-order chi connectivity index (χ0) is 18.2. The summed E-state index contributed by atoms with van der Waals surface area (Å²) in [5.41, 5.74) is 2.77. The first-order chi connectivity index (χ1) is 12.0. The first-order valence-electron chi connectivity index (χ1n) is 7.99. The predicted molar refractivity (Wildman–Crippen MR) is 90.5 cm³/mol. The van der Waals surface area contributed by atoms with E-state index < -0.39 is 12.7 Å². The van der Waals surface area contributed by atoms with Crippen molar-refractivity contribution in [2.24, 2.45) is 0 Å². The summed E-state index contributed by atoms with van der Waals surface area (Å²) in [6.45, 7) is -0.830. The molecule has 0 spiro atoms. The number of nitrogens with one attached hydrogen (secondary N) is 1. The van der Waals surface area contributed by atoms with Crippen molar-refractivity contribution in [2.75, 3.05) is 6.54 Å². The third kappa shape index (κ3) is 6.15. The molecule has 134 valence electrons. The number of aliphatic hydroxyl groups excluding tert-OH is 1. The molecule has 0 aliphatic rings. The highest BCUT2D eigenvalue weighted by atomic mass is 19.3. The molecule has 1 atom stereocenters. The highest BCUT2D eigenvalue weighted by molar-refractivity contribution is 5.76. The first-order valence-corrected chi connectivity index (χ1v) is 7.99. The Morgan fingerprint density at radius 2 is 1.84 bits per heavy atom. The lowest BCUT2D eigenvalue weighted by atomic mass is 10.0. The molecule has 0 heterocycles. The molecule has 0 bridgehead atoms. The Kier molecular flexibility index (Phi) is 6.89. The fraction of sp³-hybridized carbons (Fsp3) is 0.316. The highest BCUT2D eigenvalue weighted by Crippen LogP contribution is 2.19. The quantitative estimate of drug-likeness (QED) is 0.768. The molecule has 2 N–H and O–H groups in total. The van der Waals surface area contributed by atoms with E-state index in [9.17, 15) is 18.7 Å². The molecule has 0 radical (unpaired) electrons. The summed E-state index contributed by atoms with van der Waals surface area (Å²) in [6, 6.07) is 13.6. The number of halogens is 2. The van der Waals surface area contributed by atoms with Crippen molar-refractivity contribution in [1.29, 1.82) is 0 Å². The summed E-state index contributed by atoms with van der Waals surface area (Å²) in [7, 11) is 0. The molecule has 2 rings (SSSR count). The number of alkyl halides is 2. The van der Waals surface area contributed by atoms with Gasteiger partial charge >= 0.3 is 6.61 Å². The van der Waals surface area contributed by atoms with E-state index in [1.165, 1.54) is 24.3 Å². The maximum atomic E-state index is 12.1. The number of ether oxygens (including phenoxy) is 1. The lowest BCUT2D eigenvalue weighted by molar-refractivity contribution is -0.121. The number of hydrogen-bond donors (Lipinski definition) is 2. The van der Waals surface area contributed by atoms with Crippen molar-refractivity contribution < 1.29 is 23.4 Å². The minimum absolute atomic E-state index is 0.0215. The fourth-order valence-corrected chi connectivity index (χ4v) is 2.43. The van der Waals surface area contributed by atoms with E-state index in [4.69, 9.17) is 0 Å². The van der Waals surface area contributed by atoms with Crippen molar-refractivity contribution in [3.63, 3.8) is 0 Å². The summed E-state index contributed by atoms with van der Waals surface area (Å²) in [5, 5.41) is 12.7. The SMILES string of the molecule is Cc1ccccc1CCC(=O)NCC(O)c1ccc(OC(F)F)cc1. The molecule has 4 nitrogen and oxygen atoms in total. The summed E-state index contributed by atoms with van der Waals surface area (Å²) in [5.74, 6) is -0.131. The topological polar surface area (TPSA) is 58.6 Å². The molecule has 2 aromatic rings.